The third-order valence-electron chi connectivity index (χ3n) is 3.26. The predicted octanol–water partition coefficient (Wildman–Crippen LogP) is 3.69. The fourth-order valence-corrected chi connectivity index (χ4v) is 3.41. The minimum Gasteiger partial charge on any atom is -0.325 e. The van der Waals surface area contributed by atoms with Gasteiger partial charge < -0.3 is 11.1 Å². The lowest BCUT2D eigenvalue weighted by atomic mass is 10.2. The van der Waals surface area contributed by atoms with Crippen molar-refractivity contribution in [3.8, 4) is 0 Å². The molecule has 136 valence electrons. The lowest BCUT2D eigenvalue weighted by molar-refractivity contribution is -0.117. The van der Waals surface area contributed by atoms with E-state index in [4.69, 9.17) is 5.73 Å². The Morgan fingerprint density at radius 1 is 1.20 bits per heavy atom. The van der Waals surface area contributed by atoms with Crippen molar-refractivity contribution < 1.29 is 4.79 Å². The Bertz CT molecular complexity index is 677. The minimum absolute atomic E-state index is 0. The van der Waals surface area contributed by atoms with E-state index in [1.165, 1.54) is 11.8 Å². The molecule has 0 fully saturated rings. The number of hydrogen-bond donors (Lipinski definition) is 2. The van der Waals surface area contributed by atoms with E-state index < -0.39 is 6.04 Å². The Balaban J connectivity index is 0.00000312. The SMILES string of the molecule is CSCC[C@H](N)C(=O)Nc1ccc(Sc2nc(C)cc(C)n2)cc1.Cl. The van der Waals surface area contributed by atoms with E-state index in [0.717, 1.165) is 32.9 Å². The van der Waals surface area contributed by atoms with Crippen LogP contribution in [0, 0.1) is 13.8 Å². The van der Waals surface area contributed by atoms with Crippen LogP contribution in [0.5, 0.6) is 0 Å². The largest absolute Gasteiger partial charge is 0.325 e. The van der Waals surface area contributed by atoms with Crippen LogP contribution in [-0.4, -0.2) is 33.9 Å². The van der Waals surface area contributed by atoms with Crippen molar-refractivity contribution in [1.29, 1.82) is 0 Å². The molecule has 0 radical (unpaired) electrons. The molecule has 3 N–H and O–H groups in total. The molecule has 0 saturated heterocycles. The number of amides is 1. The van der Waals surface area contributed by atoms with E-state index >= 15 is 0 Å². The number of nitrogens with two attached hydrogens (primary N) is 1. The van der Waals surface area contributed by atoms with Gasteiger partial charge >= 0.3 is 0 Å². The van der Waals surface area contributed by atoms with Crippen molar-refractivity contribution in [3.63, 3.8) is 0 Å². The van der Waals surface area contributed by atoms with Crippen molar-refractivity contribution in [3.05, 3.63) is 41.7 Å². The minimum atomic E-state index is -0.477. The average molecular weight is 399 g/mol. The van der Waals surface area contributed by atoms with Gasteiger partial charge in [-0.25, -0.2) is 9.97 Å². The third-order valence-corrected chi connectivity index (χ3v) is 4.78. The molecule has 1 aromatic carbocycles. The Morgan fingerprint density at radius 2 is 1.80 bits per heavy atom. The van der Waals surface area contributed by atoms with Gasteiger partial charge in [-0.3, -0.25) is 4.79 Å². The highest BCUT2D eigenvalue weighted by Crippen LogP contribution is 2.26. The van der Waals surface area contributed by atoms with Gasteiger partial charge in [-0.15, -0.1) is 12.4 Å². The van der Waals surface area contributed by atoms with Crippen LogP contribution in [0.4, 0.5) is 5.69 Å². The number of aryl methyl sites for hydroxylation is 2. The second-order valence-electron chi connectivity index (χ2n) is 5.44. The number of carbonyl (C=O) groups is 1. The number of nitrogens with one attached hydrogen (secondary N) is 1. The average Bonchev–Trinajstić information content (AvgIpc) is 2.53. The number of aromatic nitrogens is 2. The summed E-state index contributed by atoms with van der Waals surface area (Å²) in [6, 6.07) is 9.08. The van der Waals surface area contributed by atoms with Crippen molar-refractivity contribution in [1.82, 2.24) is 9.97 Å². The first-order chi connectivity index (χ1) is 11.5. The molecule has 8 heteroatoms. The molecule has 5 nitrogen and oxygen atoms in total. The Kier molecular flexibility index (Phi) is 9.27. The predicted molar refractivity (Wildman–Crippen MR) is 109 cm³/mol. The molecular weight excluding hydrogens is 376 g/mol. The van der Waals surface area contributed by atoms with Gasteiger partial charge in [0.2, 0.25) is 5.91 Å². The molecule has 0 aliphatic carbocycles. The lowest BCUT2D eigenvalue weighted by Gasteiger charge is -2.12. The monoisotopic (exact) mass is 398 g/mol. The molecule has 0 spiro atoms. The van der Waals surface area contributed by atoms with E-state index in [1.54, 1.807) is 11.8 Å². The highest BCUT2D eigenvalue weighted by atomic mass is 35.5. The second-order valence-corrected chi connectivity index (χ2v) is 7.46. The first kappa shape index (κ1) is 21.8. The fraction of sp³-hybridized carbons (Fsp3) is 0.353. The topological polar surface area (TPSA) is 80.9 Å². The molecule has 1 heterocycles. The molecule has 0 unspecified atom stereocenters. The maximum Gasteiger partial charge on any atom is 0.241 e. The van der Waals surface area contributed by atoms with Crippen LogP contribution >= 0.6 is 35.9 Å². The molecule has 0 saturated carbocycles. The number of rotatable bonds is 7. The maximum atomic E-state index is 12.0. The van der Waals surface area contributed by atoms with Crippen LogP contribution in [0.1, 0.15) is 17.8 Å². The molecule has 1 aromatic heterocycles. The molecule has 2 rings (SSSR count). The lowest BCUT2D eigenvalue weighted by Crippen LogP contribution is -2.36. The molecule has 1 amide bonds. The van der Waals surface area contributed by atoms with Crippen LogP contribution in [0.2, 0.25) is 0 Å². The zero-order chi connectivity index (χ0) is 17.5. The van der Waals surface area contributed by atoms with E-state index in [9.17, 15) is 4.79 Å². The molecular formula is C17H23ClN4OS2. The molecule has 0 aliphatic rings. The number of thioether (sulfide) groups is 1. The molecule has 0 aliphatic heterocycles. The summed E-state index contributed by atoms with van der Waals surface area (Å²) < 4.78 is 0. The normalized spacial score (nSPS) is 11.5. The second kappa shape index (κ2) is 10.7. The van der Waals surface area contributed by atoms with Crippen LogP contribution in [0.25, 0.3) is 0 Å². The number of anilines is 1. The van der Waals surface area contributed by atoms with Gasteiger partial charge in [0.05, 0.1) is 6.04 Å². The van der Waals surface area contributed by atoms with Gasteiger partial charge in [0, 0.05) is 22.0 Å². The number of nitrogens with zero attached hydrogens (tertiary/aromatic N) is 2. The fourth-order valence-electron chi connectivity index (χ4n) is 2.06. The molecule has 25 heavy (non-hydrogen) atoms. The van der Waals surface area contributed by atoms with Crippen LogP contribution < -0.4 is 11.1 Å². The van der Waals surface area contributed by atoms with Gasteiger partial charge in [-0.1, -0.05) is 0 Å². The van der Waals surface area contributed by atoms with Crippen molar-refractivity contribution >= 4 is 47.5 Å². The number of hydrogen-bond acceptors (Lipinski definition) is 6. The van der Waals surface area contributed by atoms with Crippen LogP contribution in [0.3, 0.4) is 0 Å². The summed E-state index contributed by atoms with van der Waals surface area (Å²) in [6.45, 7) is 3.91. The van der Waals surface area contributed by atoms with Crippen LogP contribution in [-0.2, 0) is 4.79 Å². The zero-order valence-corrected chi connectivity index (χ0v) is 16.9. The number of benzene rings is 1. The van der Waals surface area contributed by atoms with E-state index in [2.05, 4.69) is 15.3 Å². The van der Waals surface area contributed by atoms with E-state index in [1.807, 2.05) is 50.4 Å². The summed E-state index contributed by atoms with van der Waals surface area (Å²) in [7, 11) is 0. The van der Waals surface area contributed by atoms with Crippen LogP contribution in [0.15, 0.2) is 40.4 Å². The van der Waals surface area contributed by atoms with E-state index in [0.29, 0.717) is 6.42 Å². The summed E-state index contributed by atoms with van der Waals surface area (Å²) in [6.07, 6.45) is 2.67. The summed E-state index contributed by atoms with van der Waals surface area (Å²) >= 11 is 3.18. The smallest absolute Gasteiger partial charge is 0.241 e. The first-order valence-electron chi connectivity index (χ1n) is 7.63. The van der Waals surface area contributed by atoms with Crippen molar-refractivity contribution in [2.45, 2.75) is 36.4 Å². The zero-order valence-electron chi connectivity index (χ0n) is 14.5. The quantitative estimate of drug-likeness (QED) is 0.692. The summed E-state index contributed by atoms with van der Waals surface area (Å²) in [4.78, 5) is 21.8. The van der Waals surface area contributed by atoms with Gasteiger partial charge in [-0.2, -0.15) is 11.8 Å². The third kappa shape index (κ3) is 7.23. The Labute approximate surface area is 163 Å². The molecule has 0 bridgehead atoms. The van der Waals surface area contributed by atoms with Gasteiger partial charge in [0.1, 0.15) is 0 Å². The number of halogens is 1. The Morgan fingerprint density at radius 3 is 2.36 bits per heavy atom. The van der Waals surface area contributed by atoms with E-state index in [-0.39, 0.29) is 18.3 Å². The Hall–Kier alpha value is -1.28. The highest BCUT2D eigenvalue weighted by molar-refractivity contribution is 7.99. The maximum absolute atomic E-state index is 12.0. The standard InChI is InChI=1S/C17H22N4OS2.ClH/c1-11-10-12(2)20-17(19-11)24-14-6-4-13(5-7-14)21-16(22)15(18)8-9-23-3;/h4-7,10,15H,8-9,18H2,1-3H3,(H,21,22);1H/t15-;/m0./s1. The summed E-state index contributed by atoms with van der Waals surface area (Å²) in [5.41, 5.74) is 8.51. The van der Waals surface area contributed by atoms with Gasteiger partial charge in [0.15, 0.2) is 5.16 Å². The van der Waals surface area contributed by atoms with Crippen molar-refractivity contribution in [2.75, 3.05) is 17.3 Å². The summed E-state index contributed by atoms with van der Waals surface area (Å²) in [5.74, 6) is 0.724. The molecule has 2 aromatic rings. The van der Waals surface area contributed by atoms with Gasteiger partial charge in [-0.05, 0) is 74.4 Å². The number of carbonyl (C=O) groups excluding carboxylic acids is 1. The molecule has 1 atom stereocenters. The highest BCUT2D eigenvalue weighted by Gasteiger charge is 2.13. The first-order valence-corrected chi connectivity index (χ1v) is 9.84. The van der Waals surface area contributed by atoms with Crippen molar-refractivity contribution in [2.24, 2.45) is 5.73 Å². The van der Waals surface area contributed by atoms with Gasteiger partial charge in [0.25, 0.3) is 0 Å². The summed E-state index contributed by atoms with van der Waals surface area (Å²) in [5, 5.41) is 3.57.